The smallest absolute Gasteiger partial charge is 0.249 e. The third kappa shape index (κ3) is 2.37. The van der Waals surface area contributed by atoms with Gasteiger partial charge in [-0.15, -0.1) is 0 Å². The number of benzene rings is 1. The highest BCUT2D eigenvalue weighted by Gasteiger charge is 2.11. The van der Waals surface area contributed by atoms with Crippen molar-refractivity contribution < 1.29 is 9.21 Å². The van der Waals surface area contributed by atoms with Gasteiger partial charge in [-0.3, -0.25) is 4.79 Å². The molecule has 3 N–H and O–H groups in total. The molecule has 0 aliphatic carbocycles. The molecule has 0 spiro atoms. The van der Waals surface area contributed by atoms with Gasteiger partial charge in [0.25, 0.3) is 0 Å². The Balaban J connectivity index is 2.24. The van der Waals surface area contributed by atoms with Crippen LogP contribution in [0.4, 0.5) is 5.69 Å². The number of primary amides is 1. The molecule has 0 aliphatic rings. The molecule has 0 radical (unpaired) electrons. The van der Waals surface area contributed by atoms with Crippen LogP contribution >= 0.6 is 0 Å². The Morgan fingerprint density at radius 1 is 1.39 bits per heavy atom. The first-order chi connectivity index (χ1) is 8.59. The molecule has 0 saturated heterocycles. The van der Waals surface area contributed by atoms with Crippen LogP contribution in [0.2, 0.25) is 0 Å². The molecular weight excluding hydrogens is 228 g/mol. The molecule has 4 nitrogen and oxygen atoms in total. The fraction of sp³-hybridized carbons (Fsp3) is 0.214. The Bertz CT molecular complexity index is 547. The van der Waals surface area contributed by atoms with Gasteiger partial charge in [-0.05, 0) is 37.6 Å². The van der Waals surface area contributed by atoms with E-state index >= 15 is 0 Å². The molecule has 1 aromatic carbocycles. The minimum Gasteiger partial charge on any atom is -0.472 e. The van der Waals surface area contributed by atoms with Crippen molar-refractivity contribution in [2.45, 2.75) is 19.9 Å². The number of anilines is 1. The molecule has 1 aromatic heterocycles. The third-order valence-electron chi connectivity index (χ3n) is 3.01. The van der Waals surface area contributed by atoms with Gasteiger partial charge in [-0.2, -0.15) is 0 Å². The topological polar surface area (TPSA) is 68.3 Å². The maximum Gasteiger partial charge on any atom is 0.249 e. The fourth-order valence-corrected chi connectivity index (χ4v) is 1.90. The van der Waals surface area contributed by atoms with E-state index in [2.05, 4.69) is 5.32 Å². The molecule has 1 amide bonds. The molecule has 0 fully saturated rings. The molecular formula is C14H16N2O2. The number of rotatable bonds is 4. The van der Waals surface area contributed by atoms with E-state index in [1.54, 1.807) is 18.6 Å². The molecule has 94 valence electrons. The van der Waals surface area contributed by atoms with E-state index in [1.807, 2.05) is 32.0 Å². The summed E-state index contributed by atoms with van der Waals surface area (Å²) in [7, 11) is 0. The van der Waals surface area contributed by atoms with E-state index in [0.717, 1.165) is 16.8 Å². The third-order valence-corrected chi connectivity index (χ3v) is 3.01. The summed E-state index contributed by atoms with van der Waals surface area (Å²) in [5.41, 5.74) is 8.69. The number of nitrogens with two attached hydrogens (primary N) is 1. The summed E-state index contributed by atoms with van der Waals surface area (Å²) in [4.78, 5) is 11.3. The summed E-state index contributed by atoms with van der Waals surface area (Å²) in [5.74, 6) is -0.410. The largest absolute Gasteiger partial charge is 0.472 e. The summed E-state index contributed by atoms with van der Waals surface area (Å²) < 4.78 is 5.05. The fourth-order valence-electron chi connectivity index (χ4n) is 1.90. The standard InChI is InChI=1S/C14H16N2O2/c1-9-12(14(15)17)4-3-5-13(9)16-10(2)11-6-7-18-8-11/h3-8,10,16H,1-2H3,(H2,15,17). The van der Waals surface area contributed by atoms with Gasteiger partial charge in [-0.1, -0.05) is 6.07 Å². The summed E-state index contributed by atoms with van der Waals surface area (Å²) in [6.07, 6.45) is 3.34. The first kappa shape index (κ1) is 12.2. The molecule has 0 saturated carbocycles. The van der Waals surface area contributed by atoms with Crippen LogP contribution in [0.3, 0.4) is 0 Å². The van der Waals surface area contributed by atoms with Gasteiger partial charge in [-0.25, -0.2) is 0 Å². The predicted molar refractivity (Wildman–Crippen MR) is 70.4 cm³/mol. The maximum absolute atomic E-state index is 11.3. The molecule has 1 unspecified atom stereocenters. The van der Waals surface area contributed by atoms with Gasteiger partial charge in [0, 0.05) is 16.8 Å². The number of hydrogen-bond acceptors (Lipinski definition) is 3. The van der Waals surface area contributed by atoms with Crippen LogP contribution < -0.4 is 11.1 Å². The van der Waals surface area contributed by atoms with Crippen LogP contribution in [0.25, 0.3) is 0 Å². The van der Waals surface area contributed by atoms with E-state index in [-0.39, 0.29) is 6.04 Å². The second kappa shape index (κ2) is 4.96. The predicted octanol–water partition coefficient (Wildman–Crippen LogP) is 2.86. The summed E-state index contributed by atoms with van der Waals surface area (Å²) in [6.45, 7) is 3.91. The Kier molecular flexibility index (Phi) is 3.37. The zero-order chi connectivity index (χ0) is 13.1. The second-order valence-corrected chi connectivity index (χ2v) is 4.27. The van der Waals surface area contributed by atoms with Crippen molar-refractivity contribution >= 4 is 11.6 Å². The molecule has 2 aromatic rings. The molecule has 4 heteroatoms. The number of amides is 1. The second-order valence-electron chi connectivity index (χ2n) is 4.27. The number of furan rings is 1. The minimum atomic E-state index is -0.410. The van der Waals surface area contributed by atoms with Crippen LogP contribution in [-0.4, -0.2) is 5.91 Å². The Labute approximate surface area is 106 Å². The van der Waals surface area contributed by atoms with Gasteiger partial charge >= 0.3 is 0 Å². The van der Waals surface area contributed by atoms with Crippen molar-refractivity contribution in [2.75, 3.05) is 5.32 Å². The highest BCUT2D eigenvalue weighted by atomic mass is 16.3. The van der Waals surface area contributed by atoms with Crippen molar-refractivity contribution in [1.29, 1.82) is 0 Å². The van der Waals surface area contributed by atoms with Gasteiger partial charge in [0.15, 0.2) is 0 Å². The van der Waals surface area contributed by atoms with Gasteiger partial charge in [0.2, 0.25) is 5.91 Å². The van der Waals surface area contributed by atoms with Crippen molar-refractivity contribution in [3.05, 3.63) is 53.5 Å². The van der Waals surface area contributed by atoms with E-state index in [9.17, 15) is 4.79 Å². The zero-order valence-electron chi connectivity index (χ0n) is 10.4. The van der Waals surface area contributed by atoms with E-state index in [0.29, 0.717) is 5.56 Å². The first-order valence-electron chi connectivity index (χ1n) is 5.77. The lowest BCUT2D eigenvalue weighted by molar-refractivity contribution is 0.1000. The highest BCUT2D eigenvalue weighted by Crippen LogP contribution is 2.24. The van der Waals surface area contributed by atoms with Gasteiger partial charge in [0.1, 0.15) is 0 Å². The summed E-state index contributed by atoms with van der Waals surface area (Å²) >= 11 is 0. The minimum absolute atomic E-state index is 0.102. The average Bonchev–Trinajstić information content (AvgIpc) is 2.85. The Morgan fingerprint density at radius 2 is 2.17 bits per heavy atom. The molecule has 0 bridgehead atoms. The molecule has 18 heavy (non-hydrogen) atoms. The number of carbonyl (C=O) groups excluding carboxylic acids is 1. The number of hydrogen-bond donors (Lipinski definition) is 2. The Hall–Kier alpha value is -2.23. The van der Waals surface area contributed by atoms with Crippen LogP contribution in [0.15, 0.2) is 41.2 Å². The first-order valence-corrected chi connectivity index (χ1v) is 5.77. The van der Waals surface area contributed by atoms with Crippen molar-refractivity contribution in [3.63, 3.8) is 0 Å². The van der Waals surface area contributed by atoms with Crippen LogP contribution in [0.5, 0.6) is 0 Å². The van der Waals surface area contributed by atoms with Crippen LogP contribution in [0, 0.1) is 6.92 Å². The lowest BCUT2D eigenvalue weighted by Gasteiger charge is -2.16. The SMILES string of the molecule is Cc1c(NC(C)c2ccoc2)cccc1C(N)=O. The van der Waals surface area contributed by atoms with Crippen LogP contribution in [-0.2, 0) is 0 Å². The van der Waals surface area contributed by atoms with E-state index in [4.69, 9.17) is 10.2 Å². The lowest BCUT2D eigenvalue weighted by Crippen LogP contribution is -2.14. The van der Waals surface area contributed by atoms with E-state index in [1.165, 1.54) is 0 Å². The van der Waals surface area contributed by atoms with Crippen LogP contribution in [0.1, 0.15) is 34.5 Å². The van der Waals surface area contributed by atoms with Crippen molar-refractivity contribution in [3.8, 4) is 0 Å². The molecule has 1 atom stereocenters. The number of nitrogens with one attached hydrogen (secondary N) is 1. The molecule has 0 aliphatic heterocycles. The Morgan fingerprint density at radius 3 is 2.78 bits per heavy atom. The monoisotopic (exact) mass is 244 g/mol. The van der Waals surface area contributed by atoms with Crippen molar-refractivity contribution in [1.82, 2.24) is 0 Å². The lowest BCUT2D eigenvalue weighted by atomic mass is 10.0. The van der Waals surface area contributed by atoms with Gasteiger partial charge in [0.05, 0.1) is 18.6 Å². The molecule has 1 heterocycles. The normalized spacial score (nSPS) is 12.1. The summed E-state index contributed by atoms with van der Waals surface area (Å²) in [6, 6.07) is 7.48. The van der Waals surface area contributed by atoms with Gasteiger partial charge < -0.3 is 15.5 Å². The zero-order valence-corrected chi connectivity index (χ0v) is 10.4. The average molecular weight is 244 g/mol. The summed E-state index contributed by atoms with van der Waals surface area (Å²) in [5, 5.41) is 3.34. The highest BCUT2D eigenvalue weighted by molar-refractivity contribution is 5.95. The number of carbonyl (C=O) groups is 1. The quantitative estimate of drug-likeness (QED) is 0.868. The van der Waals surface area contributed by atoms with Crippen molar-refractivity contribution in [2.24, 2.45) is 5.73 Å². The van der Waals surface area contributed by atoms with E-state index < -0.39 is 5.91 Å². The molecule has 2 rings (SSSR count). The maximum atomic E-state index is 11.3.